The molecule has 0 aromatic heterocycles. The highest BCUT2D eigenvalue weighted by Gasteiger charge is 2.18. The van der Waals surface area contributed by atoms with E-state index >= 15 is 0 Å². The van der Waals surface area contributed by atoms with E-state index in [0.717, 1.165) is 38.5 Å². The van der Waals surface area contributed by atoms with Gasteiger partial charge < -0.3 is 14.7 Å². The lowest BCUT2D eigenvalue weighted by Crippen LogP contribution is -2.49. The Morgan fingerprint density at radius 3 is 2.37 bits per heavy atom. The average Bonchev–Trinajstić information content (AvgIpc) is 2.47. The quantitative estimate of drug-likeness (QED) is 0.833. The molecule has 2 rings (SSSR count). The average molecular weight is 264 g/mol. The molecule has 1 aliphatic rings. The summed E-state index contributed by atoms with van der Waals surface area (Å²) in [5, 5.41) is 10.0. The van der Waals surface area contributed by atoms with Crippen molar-refractivity contribution in [2.75, 3.05) is 45.9 Å². The number of benzene rings is 1. The maximum absolute atomic E-state index is 10.0. The Hall–Kier alpha value is -1.10. The molecule has 106 valence electrons. The van der Waals surface area contributed by atoms with Crippen molar-refractivity contribution < 1.29 is 9.84 Å². The minimum absolute atomic E-state index is 0.359. The molecule has 1 heterocycles. The highest BCUT2D eigenvalue weighted by Crippen LogP contribution is 2.09. The molecule has 1 saturated heterocycles. The summed E-state index contributed by atoms with van der Waals surface area (Å²) in [6.07, 6.45) is -0.423. The van der Waals surface area contributed by atoms with Crippen molar-refractivity contribution in [3.63, 3.8) is 0 Å². The van der Waals surface area contributed by atoms with Gasteiger partial charge in [0, 0.05) is 32.7 Å². The highest BCUT2D eigenvalue weighted by molar-refractivity contribution is 5.20. The second kappa shape index (κ2) is 7.48. The number of β-amino-alcohol motifs (C(OH)–C–C–N with tert-alkyl or cyclic N) is 1. The van der Waals surface area contributed by atoms with Crippen molar-refractivity contribution in [3.8, 4) is 5.75 Å². The molecule has 0 saturated carbocycles. The van der Waals surface area contributed by atoms with Crippen LogP contribution in [-0.4, -0.2) is 66.9 Å². The van der Waals surface area contributed by atoms with Crippen LogP contribution in [0.3, 0.4) is 0 Å². The van der Waals surface area contributed by atoms with Crippen molar-refractivity contribution in [2.45, 2.75) is 13.0 Å². The summed E-state index contributed by atoms with van der Waals surface area (Å²) >= 11 is 0. The van der Waals surface area contributed by atoms with Crippen molar-refractivity contribution in [3.05, 3.63) is 30.3 Å². The Balaban J connectivity index is 1.66. The lowest BCUT2D eigenvalue weighted by atomic mass is 10.2. The normalized spacial score (nSPS) is 19.3. The molecular formula is C15H24N2O2. The number of ether oxygens (including phenoxy) is 1. The molecule has 4 heteroatoms. The van der Waals surface area contributed by atoms with Crippen LogP contribution in [0.5, 0.6) is 5.75 Å². The van der Waals surface area contributed by atoms with Gasteiger partial charge in [-0.25, -0.2) is 0 Å². The van der Waals surface area contributed by atoms with E-state index in [0.29, 0.717) is 13.2 Å². The van der Waals surface area contributed by atoms with Gasteiger partial charge in [0.1, 0.15) is 18.5 Å². The Kier molecular flexibility index (Phi) is 5.63. The maximum Gasteiger partial charge on any atom is 0.119 e. The molecule has 0 radical (unpaired) electrons. The zero-order chi connectivity index (χ0) is 13.5. The lowest BCUT2D eigenvalue weighted by molar-refractivity contribution is 0.0471. The first-order valence-corrected chi connectivity index (χ1v) is 7.08. The van der Waals surface area contributed by atoms with E-state index in [-0.39, 0.29) is 0 Å². The lowest BCUT2D eigenvalue weighted by Gasteiger charge is -2.34. The van der Waals surface area contributed by atoms with E-state index < -0.39 is 6.10 Å². The second-order valence-corrected chi connectivity index (χ2v) is 5.01. The van der Waals surface area contributed by atoms with Crippen LogP contribution >= 0.6 is 0 Å². The van der Waals surface area contributed by atoms with Crippen molar-refractivity contribution in [1.29, 1.82) is 0 Å². The standard InChI is InChI=1S/C15H24N2O2/c1-2-16-8-10-17(11-9-16)12-14(18)13-19-15-6-4-3-5-7-15/h3-7,14,18H,2,8-13H2,1H3/t14-/m0/s1. The van der Waals surface area contributed by atoms with E-state index in [4.69, 9.17) is 4.74 Å². The first-order valence-electron chi connectivity index (χ1n) is 7.08. The van der Waals surface area contributed by atoms with E-state index in [9.17, 15) is 5.11 Å². The first kappa shape index (κ1) is 14.3. The fourth-order valence-electron chi connectivity index (χ4n) is 2.35. The Morgan fingerprint density at radius 2 is 1.74 bits per heavy atom. The third kappa shape index (κ3) is 4.82. The van der Waals surface area contributed by atoms with Gasteiger partial charge in [-0.3, -0.25) is 4.90 Å². The topological polar surface area (TPSA) is 35.9 Å². The molecule has 19 heavy (non-hydrogen) atoms. The summed E-state index contributed by atoms with van der Waals surface area (Å²) in [4.78, 5) is 4.74. The number of aliphatic hydroxyl groups excluding tert-OH is 1. The van der Waals surface area contributed by atoms with Gasteiger partial charge in [0.15, 0.2) is 0 Å². The molecule has 0 bridgehead atoms. The van der Waals surface area contributed by atoms with Crippen LogP contribution in [0.25, 0.3) is 0 Å². The predicted molar refractivity (Wildman–Crippen MR) is 76.5 cm³/mol. The number of para-hydroxylation sites is 1. The van der Waals surface area contributed by atoms with Crippen LogP contribution in [0.1, 0.15) is 6.92 Å². The van der Waals surface area contributed by atoms with Crippen LogP contribution < -0.4 is 4.74 Å². The molecular weight excluding hydrogens is 240 g/mol. The fraction of sp³-hybridized carbons (Fsp3) is 0.600. The summed E-state index contributed by atoms with van der Waals surface area (Å²) in [6.45, 7) is 8.64. The van der Waals surface area contributed by atoms with E-state index in [1.807, 2.05) is 30.3 Å². The molecule has 1 aromatic carbocycles. The number of aliphatic hydroxyl groups is 1. The molecule has 1 aromatic rings. The summed E-state index contributed by atoms with van der Waals surface area (Å²) in [6, 6.07) is 9.65. The van der Waals surface area contributed by atoms with Gasteiger partial charge in [0.2, 0.25) is 0 Å². The SMILES string of the molecule is CCN1CCN(C[C@H](O)COc2ccccc2)CC1. The zero-order valence-electron chi connectivity index (χ0n) is 11.7. The third-order valence-electron chi connectivity index (χ3n) is 3.57. The molecule has 0 spiro atoms. The summed E-state index contributed by atoms with van der Waals surface area (Å²) in [5.41, 5.74) is 0. The number of rotatable bonds is 6. The number of piperazine rings is 1. The molecule has 1 atom stereocenters. The van der Waals surface area contributed by atoms with Gasteiger partial charge in [0.05, 0.1) is 0 Å². The van der Waals surface area contributed by atoms with Crippen molar-refractivity contribution >= 4 is 0 Å². The maximum atomic E-state index is 10.0. The minimum Gasteiger partial charge on any atom is -0.491 e. The Bertz CT molecular complexity index is 350. The number of likely N-dealkylation sites (N-methyl/N-ethyl adjacent to an activating group) is 1. The van der Waals surface area contributed by atoms with Gasteiger partial charge in [-0.1, -0.05) is 25.1 Å². The summed E-state index contributed by atoms with van der Waals surface area (Å²) in [5.74, 6) is 0.817. The van der Waals surface area contributed by atoms with E-state index in [1.165, 1.54) is 0 Å². The molecule has 1 N–H and O–H groups in total. The van der Waals surface area contributed by atoms with Gasteiger partial charge >= 0.3 is 0 Å². The van der Waals surface area contributed by atoms with Gasteiger partial charge in [-0.15, -0.1) is 0 Å². The molecule has 1 aliphatic heterocycles. The molecule has 0 aliphatic carbocycles. The first-order chi connectivity index (χ1) is 9.28. The van der Waals surface area contributed by atoms with Gasteiger partial charge in [-0.2, -0.15) is 0 Å². The minimum atomic E-state index is -0.423. The van der Waals surface area contributed by atoms with Gasteiger partial charge in [0.25, 0.3) is 0 Å². The monoisotopic (exact) mass is 264 g/mol. The number of hydrogen-bond donors (Lipinski definition) is 1. The number of nitrogens with zero attached hydrogens (tertiary/aromatic N) is 2. The van der Waals surface area contributed by atoms with Gasteiger partial charge in [-0.05, 0) is 18.7 Å². The number of hydrogen-bond acceptors (Lipinski definition) is 4. The molecule has 1 fully saturated rings. The highest BCUT2D eigenvalue weighted by atomic mass is 16.5. The van der Waals surface area contributed by atoms with Crippen LogP contribution in [0.2, 0.25) is 0 Å². The van der Waals surface area contributed by atoms with E-state index in [1.54, 1.807) is 0 Å². The van der Waals surface area contributed by atoms with Crippen LogP contribution in [-0.2, 0) is 0 Å². The fourth-order valence-corrected chi connectivity index (χ4v) is 2.35. The summed E-state index contributed by atoms with van der Waals surface area (Å²) in [7, 11) is 0. The smallest absolute Gasteiger partial charge is 0.119 e. The summed E-state index contributed by atoms with van der Waals surface area (Å²) < 4.78 is 5.56. The second-order valence-electron chi connectivity index (χ2n) is 5.01. The Labute approximate surface area is 115 Å². The van der Waals surface area contributed by atoms with Crippen molar-refractivity contribution in [1.82, 2.24) is 9.80 Å². The van der Waals surface area contributed by atoms with Crippen LogP contribution in [0.4, 0.5) is 0 Å². The largest absolute Gasteiger partial charge is 0.491 e. The predicted octanol–water partition coefficient (Wildman–Crippen LogP) is 1.06. The Morgan fingerprint density at radius 1 is 1.11 bits per heavy atom. The molecule has 4 nitrogen and oxygen atoms in total. The molecule has 0 unspecified atom stereocenters. The van der Waals surface area contributed by atoms with E-state index in [2.05, 4.69) is 16.7 Å². The zero-order valence-corrected chi connectivity index (χ0v) is 11.7. The third-order valence-corrected chi connectivity index (χ3v) is 3.57. The van der Waals surface area contributed by atoms with Crippen LogP contribution in [0, 0.1) is 0 Å². The van der Waals surface area contributed by atoms with Crippen molar-refractivity contribution in [2.24, 2.45) is 0 Å². The van der Waals surface area contributed by atoms with Crippen LogP contribution in [0.15, 0.2) is 30.3 Å². The molecule has 0 amide bonds.